The number of nitrogens with one attached hydrogen (secondary N) is 1. The van der Waals surface area contributed by atoms with E-state index in [-0.39, 0.29) is 11.1 Å². The van der Waals surface area contributed by atoms with Crippen molar-refractivity contribution in [1.29, 1.82) is 0 Å². The van der Waals surface area contributed by atoms with E-state index in [1.54, 1.807) is 7.11 Å². The molecule has 2 rings (SSSR count). The standard InChI is InChI=1S/C15H23NO2S/c1-11-6-7-13(19(17)16-14(2,3)4)12(10-11)15(18-5)8-9-15/h6-7,10,16H,8-9H2,1-5H3. The highest BCUT2D eigenvalue weighted by Gasteiger charge is 2.47. The number of benzene rings is 1. The van der Waals surface area contributed by atoms with E-state index in [1.807, 2.05) is 32.9 Å². The summed E-state index contributed by atoms with van der Waals surface area (Å²) in [5.41, 5.74) is 1.85. The quantitative estimate of drug-likeness (QED) is 0.921. The molecule has 1 aliphatic rings. The molecule has 0 bridgehead atoms. The van der Waals surface area contributed by atoms with Crippen molar-refractivity contribution < 1.29 is 8.95 Å². The molecule has 3 nitrogen and oxygen atoms in total. The van der Waals surface area contributed by atoms with Crippen molar-refractivity contribution in [2.45, 2.75) is 56.6 Å². The highest BCUT2D eigenvalue weighted by Crippen LogP contribution is 2.50. The molecule has 1 aliphatic carbocycles. The smallest absolute Gasteiger partial charge is 0.125 e. The predicted molar refractivity (Wildman–Crippen MR) is 78.4 cm³/mol. The molecule has 19 heavy (non-hydrogen) atoms. The van der Waals surface area contributed by atoms with E-state index >= 15 is 0 Å². The number of aryl methyl sites for hydroxylation is 1. The van der Waals surface area contributed by atoms with Gasteiger partial charge >= 0.3 is 0 Å². The van der Waals surface area contributed by atoms with Gasteiger partial charge in [-0.3, -0.25) is 0 Å². The Bertz CT molecular complexity index is 501. The number of hydrogen-bond donors (Lipinski definition) is 1. The van der Waals surface area contributed by atoms with E-state index in [2.05, 4.69) is 17.7 Å². The zero-order valence-electron chi connectivity index (χ0n) is 12.4. The SMILES string of the molecule is COC1(c2cc(C)ccc2S(=O)NC(C)(C)C)CC1. The highest BCUT2D eigenvalue weighted by atomic mass is 32.2. The average molecular weight is 281 g/mol. The van der Waals surface area contributed by atoms with Crippen LogP contribution >= 0.6 is 0 Å². The maximum atomic E-state index is 12.5. The number of ether oxygens (including phenoxy) is 1. The molecule has 1 aromatic carbocycles. The first-order chi connectivity index (χ1) is 8.77. The summed E-state index contributed by atoms with van der Waals surface area (Å²) in [4.78, 5) is 0.847. The van der Waals surface area contributed by atoms with Crippen LogP contribution in [-0.4, -0.2) is 16.9 Å². The monoisotopic (exact) mass is 281 g/mol. The molecule has 106 valence electrons. The molecule has 1 fully saturated rings. The molecule has 0 spiro atoms. The topological polar surface area (TPSA) is 38.3 Å². The summed E-state index contributed by atoms with van der Waals surface area (Å²) in [7, 11) is 0.525. The lowest BCUT2D eigenvalue weighted by Gasteiger charge is -2.23. The molecule has 0 amide bonds. The van der Waals surface area contributed by atoms with Gasteiger partial charge in [-0.1, -0.05) is 17.7 Å². The summed E-state index contributed by atoms with van der Waals surface area (Å²) in [5.74, 6) is 0. The summed E-state index contributed by atoms with van der Waals surface area (Å²) < 4.78 is 21.3. The van der Waals surface area contributed by atoms with Crippen molar-refractivity contribution >= 4 is 11.0 Å². The van der Waals surface area contributed by atoms with Crippen LogP contribution in [0.5, 0.6) is 0 Å². The Morgan fingerprint density at radius 2 is 1.95 bits per heavy atom. The molecule has 0 aliphatic heterocycles. The van der Waals surface area contributed by atoms with Crippen LogP contribution in [0.15, 0.2) is 23.1 Å². The second-order valence-corrected chi connectivity index (χ2v) is 7.50. The summed E-state index contributed by atoms with van der Waals surface area (Å²) in [6.45, 7) is 8.10. The molecule has 1 unspecified atom stereocenters. The Hall–Kier alpha value is -0.710. The predicted octanol–water partition coefficient (Wildman–Crippen LogP) is 3.04. The van der Waals surface area contributed by atoms with Gasteiger partial charge in [0.05, 0.1) is 10.5 Å². The Kier molecular flexibility index (Phi) is 3.87. The number of rotatable bonds is 4. The van der Waals surface area contributed by atoms with Crippen LogP contribution < -0.4 is 4.72 Å². The Labute approximate surface area is 118 Å². The number of hydrogen-bond acceptors (Lipinski definition) is 2. The maximum absolute atomic E-state index is 12.5. The zero-order chi connectivity index (χ0) is 14.3. The summed E-state index contributed by atoms with van der Waals surface area (Å²) in [5, 5.41) is 0. The van der Waals surface area contributed by atoms with Crippen LogP contribution in [0.3, 0.4) is 0 Å². The summed E-state index contributed by atoms with van der Waals surface area (Å²) in [6, 6.07) is 6.07. The molecule has 1 aromatic rings. The minimum Gasteiger partial charge on any atom is -0.373 e. The summed E-state index contributed by atoms with van der Waals surface area (Å²) >= 11 is 0. The lowest BCUT2D eigenvalue weighted by atomic mass is 10.0. The van der Waals surface area contributed by atoms with Gasteiger partial charge < -0.3 is 4.74 Å². The van der Waals surface area contributed by atoms with Crippen molar-refractivity contribution in [1.82, 2.24) is 4.72 Å². The minimum absolute atomic E-state index is 0.184. The molecule has 1 atom stereocenters. The highest BCUT2D eigenvalue weighted by molar-refractivity contribution is 7.83. The van der Waals surface area contributed by atoms with Gasteiger partial charge in [0, 0.05) is 18.2 Å². The fourth-order valence-corrected chi connectivity index (χ4v) is 3.49. The second-order valence-electron chi connectivity index (χ2n) is 6.32. The van der Waals surface area contributed by atoms with Crippen LogP contribution in [-0.2, 0) is 21.3 Å². The van der Waals surface area contributed by atoms with Gasteiger partial charge in [0.2, 0.25) is 0 Å². The van der Waals surface area contributed by atoms with Crippen molar-refractivity contribution in [2.75, 3.05) is 7.11 Å². The Morgan fingerprint density at radius 3 is 2.42 bits per heavy atom. The minimum atomic E-state index is -1.21. The van der Waals surface area contributed by atoms with Gasteiger partial charge in [-0.25, -0.2) is 8.93 Å². The Morgan fingerprint density at radius 1 is 1.32 bits per heavy atom. The molecule has 1 N–H and O–H groups in total. The largest absolute Gasteiger partial charge is 0.373 e. The van der Waals surface area contributed by atoms with Gasteiger partial charge in [0.15, 0.2) is 0 Å². The van der Waals surface area contributed by atoms with Crippen LogP contribution in [0.25, 0.3) is 0 Å². The van der Waals surface area contributed by atoms with Crippen molar-refractivity contribution in [2.24, 2.45) is 0 Å². The third-order valence-corrected chi connectivity index (χ3v) is 4.87. The fourth-order valence-electron chi connectivity index (χ4n) is 2.19. The maximum Gasteiger partial charge on any atom is 0.125 e. The lowest BCUT2D eigenvalue weighted by molar-refractivity contribution is 0.0765. The first-order valence-electron chi connectivity index (χ1n) is 6.63. The van der Waals surface area contributed by atoms with E-state index in [4.69, 9.17) is 4.74 Å². The van der Waals surface area contributed by atoms with Gasteiger partial charge in [-0.15, -0.1) is 0 Å². The van der Waals surface area contributed by atoms with Crippen LogP contribution in [0.4, 0.5) is 0 Å². The molecule has 0 saturated heterocycles. The van der Waals surface area contributed by atoms with E-state index < -0.39 is 11.0 Å². The van der Waals surface area contributed by atoms with Crippen molar-refractivity contribution in [3.8, 4) is 0 Å². The molecule has 0 heterocycles. The van der Waals surface area contributed by atoms with Crippen molar-refractivity contribution in [3.63, 3.8) is 0 Å². The average Bonchev–Trinajstić information content (AvgIpc) is 3.07. The normalized spacial score (nSPS) is 19.2. The second kappa shape index (κ2) is 5.00. The molecule has 4 heteroatoms. The first kappa shape index (κ1) is 14.7. The van der Waals surface area contributed by atoms with E-state index in [0.717, 1.165) is 23.3 Å². The van der Waals surface area contributed by atoms with E-state index in [9.17, 15) is 4.21 Å². The van der Waals surface area contributed by atoms with Crippen molar-refractivity contribution in [3.05, 3.63) is 29.3 Å². The molecule has 0 radical (unpaired) electrons. The fraction of sp³-hybridized carbons (Fsp3) is 0.600. The van der Waals surface area contributed by atoms with Gasteiger partial charge in [-0.05, 0) is 46.6 Å². The Balaban J connectivity index is 2.38. The molecular weight excluding hydrogens is 258 g/mol. The molecule has 1 saturated carbocycles. The summed E-state index contributed by atoms with van der Waals surface area (Å²) in [6.07, 6.45) is 2.01. The van der Waals surface area contributed by atoms with Gasteiger partial charge in [0.1, 0.15) is 11.0 Å². The third-order valence-electron chi connectivity index (χ3n) is 3.32. The zero-order valence-corrected chi connectivity index (χ0v) is 13.2. The number of methoxy groups -OCH3 is 1. The van der Waals surface area contributed by atoms with Crippen LogP contribution in [0, 0.1) is 6.92 Å². The van der Waals surface area contributed by atoms with Gasteiger partial charge in [-0.2, -0.15) is 0 Å². The van der Waals surface area contributed by atoms with Crippen LogP contribution in [0.1, 0.15) is 44.7 Å². The lowest BCUT2D eigenvalue weighted by Crippen LogP contribution is -2.37. The molecule has 0 aromatic heterocycles. The van der Waals surface area contributed by atoms with Gasteiger partial charge in [0.25, 0.3) is 0 Å². The first-order valence-corrected chi connectivity index (χ1v) is 7.78. The van der Waals surface area contributed by atoms with Crippen LogP contribution in [0.2, 0.25) is 0 Å². The molecular formula is C15H23NO2S. The third kappa shape index (κ3) is 3.25. The van der Waals surface area contributed by atoms with E-state index in [0.29, 0.717) is 0 Å². The van der Waals surface area contributed by atoms with E-state index in [1.165, 1.54) is 5.56 Å².